The summed E-state index contributed by atoms with van der Waals surface area (Å²) in [4.78, 5) is 13.4. The van der Waals surface area contributed by atoms with Gasteiger partial charge in [0.25, 0.3) is 0 Å². The minimum atomic E-state index is 0.121. The molecule has 1 aromatic carbocycles. The van der Waals surface area contributed by atoms with Gasteiger partial charge < -0.3 is 9.64 Å². The van der Waals surface area contributed by atoms with E-state index < -0.39 is 0 Å². The Bertz CT molecular complexity index is 477. The Morgan fingerprint density at radius 2 is 2.35 bits per heavy atom. The molecule has 0 aliphatic carbocycles. The molecule has 0 radical (unpaired) electrons. The zero-order valence-corrected chi connectivity index (χ0v) is 9.77. The van der Waals surface area contributed by atoms with Crippen molar-refractivity contribution in [1.29, 1.82) is 5.26 Å². The molecule has 1 aliphatic heterocycles. The van der Waals surface area contributed by atoms with Crippen LogP contribution in [-0.4, -0.2) is 19.1 Å². The van der Waals surface area contributed by atoms with E-state index in [1.54, 1.807) is 23.1 Å². The summed E-state index contributed by atoms with van der Waals surface area (Å²) in [6.07, 6.45) is 1.47. The van der Waals surface area contributed by atoms with Crippen LogP contribution in [0.25, 0.3) is 0 Å². The van der Waals surface area contributed by atoms with Crippen LogP contribution in [0.15, 0.2) is 18.2 Å². The first kappa shape index (κ1) is 11.5. The molecule has 1 saturated heterocycles. The van der Waals surface area contributed by atoms with E-state index in [-0.39, 0.29) is 5.91 Å². The predicted molar refractivity (Wildman–Crippen MR) is 63.9 cm³/mol. The van der Waals surface area contributed by atoms with Crippen molar-refractivity contribution in [2.24, 2.45) is 0 Å². The summed E-state index contributed by atoms with van der Waals surface area (Å²) in [6, 6.07) is 7.25. The topological polar surface area (TPSA) is 53.3 Å². The van der Waals surface area contributed by atoms with Crippen LogP contribution in [0.2, 0.25) is 0 Å². The molecule has 88 valence electrons. The van der Waals surface area contributed by atoms with E-state index in [4.69, 9.17) is 10.00 Å². The Morgan fingerprint density at radius 3 is 2.94 bits per heavy atom. The number of hydrogen-bond donors (Lipinski definition) is 0. The molecule has 0 atom stereocenters. The van der Waals surface area contributed by atoms with Crippen molar-refractivity contribution in [3.05, 3.63) is 23.8 Å². The molecule has 1 fully saturated rings. The van der Waals surface area contributed by atoms with E-state index in [0.29, 0.717) is 24.3 Å². The molecule has 2 rings (SSSR count). The van der Waals surface area contributed by atoms with Crippen molar-refractivity contribution in [3.63, 3.8) is 0 Å². The molecule has 1 amide bonds. The lowest BCUT2D eigenvalue weighted by molar-refractivity contribution is -0.117. The number of carbonyl (C=O) groups excluding carboxylic acids is 1. The minimum absolute atomic E-state index is 0.121. The second-order valence-electron chi connectivity index (χ2n) is 3.88. The summed E-state index contributed by atoms with van der Waals surface area (Å²) in [5, 5.41) is 8.85. The maximum Gasteiger partial charge on any atom is 0.227 e. The molecule has 1 aliphatic rings. The number of amides is 1. The molecular weight excluding hydrogens is 216 g/mol. The van der Waals surface area contributed by atoms with Crippen molar-refractivity contribution in [1.82, 2.24) is 0 Å². The second-order valence-corrected chi connectivity index (χ2v) is 3.88. The van der Waals surface area contributed by atoms with Gasteiger partial charge in [-0.3, -0.25) is 4.79 Å². The van der Waals surface area contributed by atoms with Crippen molar-refractivity contribution < 1.29 is 9.53 Å². The molecule has 0 saturated carbocycles. The van der Waals surface area contributed by atoms with Gasteiger partial charge in [-0.1, -0.05) is 0 Å². The molecule has 17 heavy (non-hydrogen) atoms. The first-order valence-corrected chi connectivity index (χ1v) is 5.73. The van der Waals surface area contributed by atoms with Crippen LogP contribution in [0.1, 0.15) is 25.3 Å². The van der Waals surface area contributed by atoms with E-state index in [2.05, 4.69) is 6.07 Å². The number of nitriles is 1. The van der Waals surface area contributed by atoms with Crippen LogP contribution in [0.5, 0.6) is 5.75 Å². The van der Waals surface area contributed by atoms with Gasteiger partial charge in [0.2, 0.25) is 5.91 Å². The Hall–Kier alpha value is -2.02. The minimum Gasteiger partial charge on any atom is -0.492 e. The standard InChI is InChI=1S/C13H14N2O2/c1-2-17-12-8-10(9-14)5-6-11(12)15-7-3-4-13(15)16/h5-6,8H,2-4,7H2,1H3. The van der Waals surface area contributed by atoms with Gasteiger partial charge >= 0.3 is 0 Å². The van der Waals surface area contributed by atoms with E-state index in [0.717, 1.165) is 18.7 Å². The van der Waals surface area contributed by atoms with Gasteiger partial charge in [-0.25, -0.2) is 0 Å². The fourth-order valence-electron chi connectivity index (χ4n) is 1.98. The lowest BCUT2D eigenvalue weighted by Gasteiger charge is -2.19. The second kappa shape index (κ2) is 4.88. The summed E-state index contributed by atoms with van der Waals surface area (Å²) < 4.78 is 5.50. The molecule has 0 unspecified atom stereocenters. The number of nitrogens with zero attached hydrogens (tertiary/aromatic N) is 2. The number of benzene rings is 1. The van der Waals surface area contributed by atoms with E-state index in [9.17, 15) is 4.79 Å². The Kier molecular flexibility index (Phi) is 3.29. The quantitative estimate of drug-likeness (QED) is 0.798. The molecule has 4 heteroatoms. The van der Waals surface area contributed by atoms with Crippen LogP contribution >= 0.6 is 0 Å². The first-order valence-electron chi connectivity index (χ1n) is 5.73. The maximum atomic E-state index is 11.7. The van der Waals surface area contributed by atoms with Gasteiger partial charge in [-0.05, 0) is 25.5 Å². The zero-order chi connectivity index (χ0) is 12.3. The van der Waals surface area contributed by atoms with Crippen LogP contribution in [-0.2, 0) is 4.79 Å². The van der Waals surface area contributed by atoms with Crippen LogP contribution in [0, 0.1) is 11.3 Å². The molecule has 0 spiro atoms. The summed E-state index contributed by atoms with van der Waals surface area (Å²) >= 11 is 0. The normalized spacial score (nSPS) is 14.8. The molecule has 0 bridgehead atoms. The number of anilines is 1. The Balaban J connectivity index is 2.38. The highest BCUT2D eigenvalue weighted by molar-refractivity contribution is 5.96. The lowest BCUT2D eigenvalue weighted by Crippen LogP contribution is -2.24. The van der Waals surface area contributed by atoms with E-state index in [1.165, 1.54) is 0 Å². The van der Waals surface area contributed by atoms with Crippen LogP contribution in [0.4, 0.5) is 5.69 Å². The summed E-state index contributed by atoms with van der Waals surface area (Å²) in [7, 11) is 0. The van der Waals surface area contributed by atoms with Gasteiger partial charge in [-0.2, -0.15) is 5.26 Å². The highest BCUT2D eigenvalue weighted by atomic mass is 16.5. The van der Waals surface area contributed by atoms with Gasteiger partial charge in [-0.15, -0.1) is 0 Å². The summed E-state index contributed by atoms with van der Waals surface area (Å²) in [6.45, 7) is 3.13. The molecule has 1 heterocycles. The van der Waals surface area contributed by atoms with Crippen molar-refractivity contribution in [2.45, 2.75) is 19.8 Å². The van der Waals surface area contributed by atoms with Gasteiger partial charge in [0.05, 0.1) is 23.9 Å². The largest absolute Gasteiger partial charge is 0.492 e. The Morgan fingerprint density at radius 1 is 1.53 bits per heavy atom. The number of carbonyl (C=O) groups is 1. The van der Waals surface area contributed by atoms with Gasteiger partial charge in [0, 0.05) is 19.0 Å². The van der Waals surface area contributed by atoms with Gasteiger partial charge in [0.1, 0.15) is 5.75 Å². The van der Waals surface area contributed by atoms with E-state index >= 15 is 0 Å². The molecule has 0 aromatic heterocycles. The Labute approximate surface area is 100 Å². The average Bonchev–Trinajstić information content (AvgIpc) is 2.76. The van der Waals surface area contributed by atoms with Crippen molar-refractivity contribution >= 4 is 11.6 Å². The molecule has 1 aromatic rings. The van der Waals surface area contributed by atoms with Gasteiger partial charge in [0.15, 0.2) is 0 Å². The number of hydrogen-bond acceptors (Lipinski definition) is 3. The smallest absolute Gasteiger partial charge is 0.227 e. The molecular formula is C13H14N2O2. The highest BCUT2D eigenvalue weighted by Gasteiger charge is 2.24. The van der Waals surface area contributed by atoms with Crippen molar-refractivity contribution in [2.75, 3.05) is 18.1 Å². The van der Waals surface area contributed by atoms with E-state index in [1.807, 2.05) is 6.92 Å². The molecule has 0 N–H and O–H groups in total. The fourth-order valence-corrected chi connectivity index (χ4v) is 1.98. The third kappa shape index (κ3) is 2.23. The summed E-state index contributed by atoms with van der Waals surface area (Å²) in [5.41, 5.74) is 1.32. The first-order chi connectivity index (χ1) is 8.26. The number of rotatable bonds is 3. The SMILES string of the molecule is CCOc1cc(C#N)ccc1N1CCCC1=O. The van der Waals surface area contributed by atoms with Crippen LogP contribution < -0.4 is 9.64 Å². The third-order valence-corrected chi connectivity index (χ3v) is 2.75. The third-order valence-electron chi connectivity index (χ3n) is 2.75. The summed E-state index contributed by atoms with van der Waals surface area (Å²) in [5.74, 6) is 0.734. The fraction of sp³-hybridized carbons (Fsp3) is 0.385. The number of ether oxygens (including phenoxy) is 1. The van der Waals surface area contributed by atoms with Crippen LogP contribution in [0.3, 0.4) is 0 Å². The zero-order valence-electron chi connectivity index (χ0n) is 9.77. The molecule has 4 nitrogen and oxygen atoms in total. The van der Waals surface area contributed by atoms with Crippen molar-refractivity contribution in [3.8, 4) is 11.8 Å². The average molecular weight is 230 g/mol. The maximum absolute atomic E-state index is 11.7. The lowest BCUT2D eigenvalue weighted by atomic mass is 10.2. The highest BCUT2D eigenvalue weighted by Crippen LogP contribution is 2.32. The monoisotopic (exact) mass is 230 g/mol. The predicted octanol–water partition coefficient (Wildman–Crippen LogP) is 2.08.